The Balaban J connectivity index is 1.99. The fourth-order valence-electron chi connectivity index (χ4n) is 4.51. The molecule has 1 saturated heterocycles. The number of unbranched alkanes of at least 4 members (excludes halogenated alkanes) is 2. The normalized spacial score (nSPS) is 22.5. The summed E-state index contributed by atoms with van der Waals surface area (Å²) in [6.07, 6.45) is -0.858. The molecule has 0 aromatic heterocycles. The van der Waals surface area contributed by atoms with Gasteiger partial charge in [-0.1, -0.05) is 94.3 Å². The Morgan fingerprint density at radius 1 is 0.773 bits per heavy atom. The van der Waals surface area contributed by atoms with Crippen LogP contribution in [0.1, 0.15) is 84.8 Å². The summed E-state index contributed by atoms with van der Waals surface area (Å²) in [6, 6.07) is 19.5. The molecule has 44 heavy (non-hydrogen) atoms. The Morgan fingerprint density at radius 2 is 1.27 bits per heavy atom. The van der Waals surface area contributed by atoms with Gasteiger partial charge >= 0.3 is 13.8 Å². The second-order valence-electron chi connectivity index (χ2n) is 12.0. The largest absolute Gasteiger partial charge is 0.477 e. The van der Waals surface area contributed by atoms with Gasteiger partial charge in [-0.3, -0.25) is 18.4 Å². The van der Waals surface area contributed by atoms with Crippen molar-refractivity contribution in [1.82, 2.24) is 0 Å². The molecule has 1 fully saturated rings. The summed E-state index contributed by atoms with van der Waals surface area (Å²) in [5, 5.41) is 0. The van der Waals surface area contributed by atoms with Crippen molar-refractivity contribution in [1.29, 1.82) is 0 Å². The number of esters is 1. The third-order valence-electron chi connectivity index (χ3n) is 7.15. The van der Waals surface area contributed by atoms with Crippen molar-refractivity contribution >= 4 is 13.8 Å². The molecule has 2 aromatic rings. The number of hydrogen-bond donors (Lipinski definition) is 0. The molecule has 0 radical (unpaired) electrons. The lowest BCUT2D eigenvalue weighted by molar-refractivity contribution is -0.301. The summed E-state index contributed by atoms with van der Waals surface area (Å²) in [7, 11) is -4.10. The minimum atomic E-state index is -4.10. The average molecular weight is 635 g/mol. The number of hydrogen-bond acceptors (Lipinski definition) is 9. The van der Waals surface area contributed by atoms with Gasteiger partial charge in [0.25, 0.3) is 0 Å². The molecule has 3 rings (SSSR count). The maximum absolute atomic E-state index is 14.0. The van der Waals surface area contributed by atoms with Gasteiger partial charge in [0.05, 0.1) is 37.9 Å². The van der Waals surface area contributed by atoms with Crippen LogP contribution in [-0.4, -0.2) is 49.9 Å². The smallest absolute Gasteiger partial charge is 0.454 e. The molecule has 10 heteroatoms. The Kier molecular flexibility index (Phi) is 15.0. The van der Waals surface area contributed by atoms with E-state index < -0.39 is 49.9 Å². The highest BCUT2D eigenvalue weighted by molar-refractivity contribution is 7.48. The van der Waals surface area contributed by atoms with Crippen molar-refractivity contribution in [2.24, 2.45) is 5.41 Å². The average Bonchev–Trinajstić information content (AvgIpc) is 3.01. The summed E-state index contributed by atoms with van der Waals surface area (Å²) >= 11 is 0. The zero-order chi connectivity index (χ0) is 32.0. The molecule has 2 aromatic carbocycles. The van der Waals surface area contributed by atoms with Gasteiger partial charge in [-0.25, -0.2) is 4.57 Å². The van der Waals surface area contributed by atoms with Crippen LogP contribution in [0.15, 0.2) is 60.7 Å². The number of carbonyl (C=O) groups excluding carboxylic acids is 1. The van der Waals surface area contributed by atoms with E-state index in [9.17, 15) is 9.36 Å². The topological polar surface area (TPSA) is 98.8 Å². The molecule has 1 aliphatic heterocycles. The highest BCUT2D eigenvalue weighted by Gasteiger charge is 2.53. The lowest BCUT2D eigenvalue weighted by Crippen LogP contribution is -2.61. The minimum Gasteiger partial charge on any atom is -0.454 e. The van der Waals surface area contributed by atoms with Gasteiger partial charge in [0, 0.05) is 0 Å². The number of phosphoric acid groups is 1. The zero-order valence-electron chi connectivity index (χ0n) is 27.1. The van der Waals surface area contributed by atoms with Gasteiger partial charge in [0.2, 0.25) is 6.29 Å². The van der Waals surface area contributed by atoms with Gasteiger partial charge in [-0.15, -0.1) is 0 Å². The van der Waals surface area contributed by atoms with Gasteiger partial charge < -0.3 is 18.9 Å². The van der Waals surface area contributed by atoms with Crippen LogP contribution in [0, 0.1) is 5.41 Å². The number of benzene rings is 2. The first-order valence-electron chi connectivity index (χ1n) is 15.8. The first-order valence-corrected chi connectivity index (χ1v) is 17.3. The maximum Gasteiger partial charge on any atom is 0.477 e. The van der Waals surface area contributed by atoms with Gasteiger partial charge in [0.1, 0.15) is 12.2 Å². The van der Waals surface area contributed by atoms with Crippen molar-refractivity contribution in [3.8, 4) is 0 Å². The Morgan fingerprint density at radius 3 is 1.73 bits per heavy atom. The van der Waals surface area contributed by atoms with Gasteiger partial charge in [-0.2, -0.15) is 0 Å². The first kappa shape index (κ1) is 36.4. The van der Waals surface area contributed by atoms with E-state index in [0.29, 0.717) is 25.9 Å². The molecule has 0 bridgehead atoms. The van der Waals surface area contributed by atoms with E-state index in [-0.39, 0.29) is 19.8 Å². The number of rotatable bonds is 18. The van der Waals surface area contributed by atoms with Crippen LogP contribution >= 0.6 is 7.82 Å². The molecule has 1 aliphatic rings. The van der Waals surface area contributed by atoms with Crippen molar-refractivity contribution in [3.05, 3.63) is 71.8 Å². The predicted octanol–water partition coefficient (Wildman–Crippen LogP) is 8.01. The third kappa shape index (κ3) is 11.4. The Labute approximate surface area is 263 Å². The summed E-state index contributed by atoms with van der Waals surface area (Å²) < 4.78 is 57.1. The van der Waals surface area contributed by atoms with E-state index in [2.05, 4.69) is 0 Å². The highest BCUT2D eigenvalue weighted by atomic mass is 31.2. The van der Waals surface area contributed by atoms with Crippen molar-refractivity contribution in [2.45, 2.75) is 118 Å². The highest BCUT2D eigenvalue weighted by Crippen LogP contribution is 2.53. The lowest BCUT2D eigenvalue weighted by atomic mass is 9.94. The van der Waals surface area contributed by atoms with E-state index in [1.165, 1.54) is 0 Å². The monoisotopic (exact) mass is 634 g/mol. The summed E-state index contributed by atoms with van der Waals surface area (Å²) in [5.41, 5.74) is 1.07. The number of ether oxygens (including phenoxy) is 4. The number of carbonyl (C=O) groups is 1. The summed E-state index contributed by atoms with van der Waals surface area (Å²) in [5.74, 6) is -0.488. The van der Waals surface area contributed by atoms with Crippen molar-refractivity contribution in [2.75, 3.05) is 13.2 Å². The maximum atomic E-state index is 14.0. The molecule has 0 N–H and O–H groups in total. The van der Waals surface area contributed by atoms with E-state index in [4.69, 9.17) is 32.5 Å². The summed E-state index contributed by atoms with van der Waals surface area (Å²) in [4.78, 5) is 13.4. The van der Waals surface area contributed by atoms with Crippen LogP contribution in [-0.2, 0) is 55.1 Å². The van der Waals surface area contributed by atoms with Crippen molar-refractivity contribution < 1.29 is 41.9 Å². The van der Waals surface area contributed by atoms with Crippen LogP contribution in [0.25, 0.3) is 0 Å². The molecular weight excluding hydrogens is 583 g/mol. The fourth-order valence-corrected chi connectivity index (χ4v) is 5.83. The molecule has 5 atom stereocenters. The second kappa shape index (κ2) is 18.1. The SMILES string of the molecule is CCCCOP(=O)(OCCCC)O[C@@H]1OC(CC)[C@H](OCc2ccccc2)[C@H](OCc2ccccc2)C1OC(=O)C(C)(C)C. The van der Waals surface area contributed by atoms with E-state index in [1.54, 1.807) is 20.8 Å². The Hall–Kier alpha value is -2.10. The quantitative estimate of drug-likeness (QED) is 0.0917. The first-order chi connectivity index (χ1) is 21.1. The van der Waals surface area contributed by atoms with E-state index in [1.807, 2.05) is 81.4 Å². The second-order valence-corrected chi connectivity index (χ2v) is 13.6. The van der Waals surface area contributed by atoms with Crippen LogP contribution in [0.3, 0.4) is 0 Å². The van der Waals surface area contributed by atoms with E-state index in [0.717, 1.165) is 24.0 Å². The molecule has 9 nitrogen and oxygen atoms in total. The number of phosphoric ester groups is 1. The van der Waals surface area contributed by atoms with Crippen LogP contribution in [0.2, 0.25) is 0 Å². The molecule has 0 spiro atoms. The Bertz CT molecular complexity index is 1120. The minimum absolute atomic E-state index is 0.188. The molecule has 2 unspecified atom stereocenters. The van der Waals surface area contributed by atoms with Crippen molar-refractivity contribution in [3.63, 3.8) is 0 Å². The van der Waals surface area contributed by atoms with Crippen LogP contribution < -0.4 is 0 Å². The molecule has 246 valence electrons. The molecule has 0 amide bonds. The lowest BCUT2D eigenvalue weighted by Gasteiger charge is -2.46. The molecular formula is C34H51O9P. The zero-order valence-corrected chi connectivity index (χ0v) is 28.0. The molecule has 0 saturated carbocycles. The standard InChI is InChI=1S/C34H51O9P/c1-7-10-22-39-44(36,40-23-11-8-2)43-32-31(42-33(35)34(4,5)6)30(38-25-27-20-16-13-17-21-27)29(28(9-3)41-32)37-24-26-18-14-12-15-19-26/h12-21,28-32H,7-11,22-25H2,1-6H3/t28?,29-,30-,31?,32-/m0/s1. The summed E-state index contributed by atoms with van der Waals surface area (Å²) in [6.45, 7) is 12.2. The third-order valence-corrected chi connectivity index (χ3v) is 8.61. The van der Waals surface area contributed by atoms with Gasteiger partial charge in [0.15, 0.2) is 6.10 Å². The van der Waals surface area contributed by atoms with Crippen LogP contribution in [0.4, 0.5) is 0 Å². The molecule has 0 aliphatic carbocycles. The van der Waals surface area contributed by atoms with E-state index >= 15 is 0 Å². The predicted molar refractivity (Wildman–Crippen MR) is 169 cm³/mol. The molecule has 1 heterocycles. The van der Waals surface area contributed by atoms with Gasteiger partial charge in [-0.05, 0) is 51.2 Å². The fraction of sp³-hybridized carbons (Fsp3) is 0.618. The van der Waals surface area contributed by atoms with Crippen LogP contribution in [0.5, 0.6) is 0 Å².